The van der Waals surface area contributed by atoms with Gasteiger partial charge >= 0.3 is 141 Å². The first-order valence-electron chi connectivity index (χ1n) is 43.6. The predicted octanol–water partition coefficient (Wildman–Crippen LogP) is 17.8. The third kappa shape index (κ3) is 28.8. The summed E-state index contributed by atoms with van der Waals surface area (Å²) >= 11 is 0. The van der Waals surface area contributed by atoms with Crippen molar-refractivity contribution in [3.05, 3.63) is 48.6 Å². The van der Waals surface area contributed by atoms with E-state index in [-0.39, 0.29) is 122 Å². The van der Waals surface area contributed by atoms with E-state index < -0.39 is 141 Å². The molecule has 0 aromatic rings. The van der Waals surface area contributed by atoms with Crippen LogP contribution in [0, 0.1) is 82.9 Å². The first kappa shape index (κ1) is 106. The van der Waals surface area contributed by atoms with Crippen molar-refractivity contribution in [1.29, 1.82) is 0 Å². The molecule has 44 heteroatoms. The molecular formula is C72H150O26Rh2Si16-2. The Balaban J connectivity index is 0.000000264. The molecule has 116 heavy (non-hydrogen) atoms. The summed E-state index contributed by atoms with van der Waals surface area (Å²) in [6.45, 7) is 58.4. The summed E-state index contributed by atoms with van der Waals surface area (Å²) < 4.78 is 175. The molecule has 0 unspecified atom stereocenters. The van der Waals surface area contributed by atoms with E-state index in [1.165, 1.54) is 51.4 Å². The third-order valence-corrected chi connectivity index (χ3v) is 95.8. The smallest absolute Gasteiger partial charge is 0.479 e. The second-order valence-corrected chi connectivity index (χ2v) is 86.0. The molecule has 0 aromatic carbocycles. The summed E-state index contributed by atoms with van der Waals surface area (Å²) in [6, 6.07) is 5.18. The molecule has 16 bridgehead atoms. The molecule has 12 saturated heterocycles. The zero-order chi connectivity index (χ0) is 84.3. The molecule has 2 aliphatic carbocycles. The van der Waals surface area contributed by atoms with Crippen molar-refractivity contribution in [1.82, 2.24) is 0 Å². The van der Waals surface area contributed by atoms with Crippen LogP contribution in [0.15, 0.2) is 48.6 Å². The van der Waals surface area contributed by atoms with E-state index in [1.54, 1.807) is 0 Å². The van der Waals surface area contributed by atoms with Gasteiger partial charge in [-0.2, -0.15) is 0 Å². The van der Waals surface area contributed by atoms with Gasteiger partial charge in [-0.3, -0.25) is 0 Å². The molecule has 0 aromatic heterocycles. The van der Waals surface area contributed by atoms with Crippen molar-refractivity contribution >= 4 is 141 Å². The molecular weight excluding hydrogens is 1940 g/mol. The minimum atomic E-state index is -4.99. The molecule has 0 amide bonds. The molecule has 0 saturated carbocycles. The van der Waals surface area contributed by atoms with Gasteiger partial charge in [0.05, 0.1) is 0 Å². The van der Waals surface area contributed by atoms with Gasteiger partial charge in [-0.1, -0.05) is 242 Å². The molecule has 12 aliphatic heterocycles. The second-order valence-electron chi connectivity index (χ2n) is 39.6. The summed E-state index contributed by atoms with van der Waals surface area (Å²) in [5.41, 5.74) is 0. The maximum absolute atomic E-state index is 15.5. The van der Waals surface area contributed by atoms with Crippen LogP contribution in [0.3, 0.4) is 0 Å². The number of hydrogen-bond acceptors (Lipinski definition) is 26. The van der Waals surface area contributed by atoms with Crippen LogP contribution in [0.4, 0.5) is 0 Å². The molecule has 0 N–H and O–H groups in total. The van der Waals surface area contributed by atoms with Crippen molar-refractivity contribution in [3.63, 3.8) is 0 Å². The monoisotopic (exact) mass is 2080 g/mol. The SMILES string of the molecule is C1=C\CC/C=C\CC/1.C1=C\CC/C=C\CC/1.CC(C)C[Si]12O[Si]3([O-])O[Si]4(CC(C)C)O[Si](CC(C)C)(O1)O[Si]1(CC(C)C)O[Si](CC(C)C)(O2)O[Si](CC(C)C)(O3)O[Si](CC(C)C)(O4)O1.CC(C)C[Si]12O[Si]3([O-])O[Si]4(CC(C)C)O[Si](CC(C)C)(O1)O[Si]1(CC(C)C)O[Si](CC(C)C)(O2)O[Si](CC(C)C)(O3)O[Si](CC(C)C)(O4)O1.[Rh].[Rh]. The van der Waals surface area contributed by atoms with Gasteiger partial charge < -0.3 is 108 Å². The summed E-state index contributed by atoms with van der Waals surface area (Å²) in [6.07, 6.45) is 28.0. The van der Waals surface area contributed by atoms with E-state index in [4.69, 9.17) is 98.8 Å². The first-order chi connectivity index (χ1) is 52.8. The summed E-state index contributed by atoms with van der Waals surface area (Å²) in [4.78, 5) is 31.1. The second kappa shape index (κ2) is 42.2. The average Bonchev–Trinajstić information content (AvgIpc) is 0.691. The molecule has 0 spiro atoms. The Morgan fingerprint density at radius 1 is 0.155 bits per heavy atom. The zero-order valence-electron chi connectivity index (χ0n) is 75.5. The molecule has 26 nitrogen and oxygen atoms in total. The van der Waals surface area contributed by atoms with Gasteiger partial charge in [0, 0.05) is 124 Å². The Bertz CT molecular complexity index is 2670. The molecule has 0 atom stereocenters. The van der Waals surface area contributed by atoms with E-state index in [9.17, 15) is 0 Å². The van der Waals surface area contributed by atoms with Crippen molar-refractivity contribution < 1.29 is 147 Å². The van der Waals surface area contributed by atoms with Crippen molar-refractivity contribution in [2.75, 3.05) is 0 Å². The largest absolute Gasteiger partial charge is 0.795 e. The maximum atomic E-state index is 15.5. The summed E-state index contributed by atoms with van der Waals surface area (Å²) in [7, 11) is -66.1. The molecule has 14 aliphatic rings. The van der Waals surface area contributed by atoms with E-state index in [0.717, 1.165) is 0 Å². The fourth-order valence-corrected chi connectivity index (χ4v) is 114. The van der Waals surface area contributed by atoms with Crippen molar-refractivity contribution in [3.8, 4) is 0 Å². The van der Waals surface area contributed by atoms with Gasteiger partial charge in [-0.15, -0.1) is 0 Å². The third-order valence-electron chi connectivity index (χ3n) is 19.2. The Morgan fingerprint density at radius 2 is 0.224 bits per heavy atom. The number of rotatable bonds is 28. The van der Waals surface area contributed by atoms with E-state index >= 15 is 9.59 Å². The van der Waals surface area contributed by atoms with Gasteiger partial charge in [-0.05, 0) is 134 Å². The summed E-state index contributed by atoms with van der Waals surface area (Å²) in [5, 5.41) is 0. The first-order valence-corrected chi connectivity index (χ1v) is 73.9. The predicted molar refractivity (Wildman–Crippen MR) is 467 cm³/mol. The van der Waals surface area contributed by atoms with Crippen molar-refractivity contribution in [2.45, 2.75) is 330 Å². The van der Waals surface area contributed by atoms with Crippen molar-refractivity contribution in [2.24, 2.45) is 82.9 Å². The molecule has 14 rings (SSSR count). The van der Waals surface area contributed by atoms with E-state index in [2.05, 4.69) is 242 Å². The fourth-order valence-electron chi connectivity index (χ4n) is 16.9. The van der Waals surface area contributed by atoms with Gasteiger partial charge in [0.15, 0.2) is 0 Å². The van der Waals surface area contributed by atoms with E-state index in [1.807, 2.05) is 0 Å². The maximum Gasteiger partial charge on any atom is 0.479 e. The van der Waals surface area contributed by atoms with Gasteiger partial charge in [0.1, 0.15) is 0 Å². The molecule has 2 radical (unpaired) electrons. The van der Waals surface area contributed by atoms with Crippen LogP contribution in [0.5, 0.6) is 0 Å². The minimum Gasteiger partial charge on any atom is -0.795 e. The number of allylic oxidation sites excluding steroid dienone is 8. The van der Waals surface area contributed by atoms with Gasteiger partial charge in [-0.25, -0.2) is 0 Å². The summed E-state index contributed by atoms with van der Waals surface area (Å²) in [5.74, 6) is 0.766. The Labute approximate surface area is 743 Å². The molecule has 678 valence electrons. The van der Waals surface area contributed by atoms with E-state index in [0.29, 0.717) is 84.6 Å². The van der Waals surface area contributed by atoms with Crippen LogP contribution >= 0.6 is 0 Å². The van der Waals surface area contributed by atoms with Crippen LogP contribution in [0.25, 0.3) is 0 Å². The molecule has 12 fully saturated rings. The average molecular weight is 2090 g/mol. The molecule has 12 heterocycles. The van der Waals surface area contributed by atoms with Crippen LogP contribution < -0.4 is 9.59 Å². The fraction of sp³-hybridized carbons (Fsp3) is 0.889. The van der Waals surface area contributed by atoms with Gasteiger partial charge in [0.25, 0.3) is 0 Å². The quantitative estimate of drug-likeness (QED) is 0.0520. The Hall–Kier alpha value is 2.64. The number of hydrogen-bond donors (Lipinski definition) is 0. The van der Waals surface area contributed by atoms with Crippen LogP contribution in [-0.4, -0.2) is 141 Å². The topological polar surface area (TPSA) is 268 Å². The zero-order valence-corrected chi connectivity index (χ0v) is 94.8. The van der Waals surface area contributed by atoms with Gasteiger partial charge in [0.2, 0.25) is 0 Å². The van der Waals surface area contributed by atoms with Crippen LogP contribution in [0.1, 0.15) is 245 Å². The minimum absolute atomic E-state index is 0. The Morgan fingerprint density at radius 3 is 0.293 bits per heavy atom. The van der Waals surface area contributed by atoms with Crippen LogP contribution in [-0.2, 0) is 138 Å². The Kier molecular flexibility index (Phi) is 38.5. The van der Waals surface area contributed by atoms with Crippen LogP contribution in [0.2, 0.25) is 84.6 Å². The normalized spacial score (nSPS) is 40.8. The standard InChI is InChI=1S/2C28H63O13Si8.2C8H12.2Rh/c2*1-22(2)15-42-30-43(16-23(3)4)33-46(19-26(9)10)35-44(31-42,17-24(5)6)37-48(21-28(13)14)38-45(32-42,18-25(7)8)36-47(34-43,20-27(11)12)40-49(29,39-46)41-48;2*1-2-4-6-8-7-5-3-1;;/h2*22-28H,15-21H2,1-14H3;2*1-2,7-8H,3-6H2;;/q2*-1;;;;/b;;2*2-1-,8-7-;;.